The third kappa shape index (κ3) is 3.83. The van der Waals surface area contributed by atoms with Crippen molar-refractivity contribution in [2.75, 3.05) is 6.54 Å². The zero-order chi connectivity index (χ0) is 21.1. The Hall–Kier alpha value is -3.11. The number of hydrogen-bond donors (Lipinski definition) is 0. The lowest BCUT2D eigenvalue weighted by molar-refractivity contribution is -0.153. The van der Waals surface area contributed by atoms with E-state index < -0.39 is 34.3 Å². The Kier molecular flexibility index (Phi) is 5.60. The fourth-order valence-corrected chi connectivity index (χ4v) is 5.15. The van der Waals surface area contributed by atoms with Crippen LogP contribution in [0.5, 0.6) is 0 Å². The molecule has 10 heteroatoms. The molecule has 0 bridgehead atoms. The normalized spacial score (nSPS) is 17.7. The summed E-state index contributed by atoms with van der Waals surface area (Å²) in [7, 11) is -3.84. The minimum atomic E-state index is -3.84. The van der Waals surface area contributed by atoms with Crippen LogP contribution in [0.15, 0.2) is 64.3 Å². The largest absolute Gasteiger partial charge is 0.441 e. The van der Waals surface area contributed by atoms with E-state index in [1.807, 2.05) is 0 Å². The maximum absolute atomic E-state index is 13.0. The van der Waals surface area contributed by atoms with Crippen molar-refractivity contribution in [1.29, 1.82) is 0 Å². The lowest BCUT2D eigenvalue weighted by Gasteiger charge is -2.32. The van der Waals surface area contributed by atoms with E-state index in [4.69, 9.17) is 4.74 Å². The van der Waals surface area contributed by atoms with Gasteiger partial charge in [-0.05, 0) is 43.5 Å². The predicted molar refractivity (Wildman–Crippen MR) is 108 cm³/mol. The molecule has 156 valence electrons. The van der Waals surface area contributed by atoms with Crippen molar-refractivity contribution in [2.24, 2.45) is 0 Å². The molecule has 1 saturated heterocycles. The molecule has 1 aliphatic heterocycles. The molecule has 2 heterocycles. The summed E-state index contributed by atoms with van der Waals surface area (Å²) in [6, 6.07) is 13.8. The van der Waals surface area contributed by atoms with Gasteiger partial charge >= 0.3 is 5.97 Å². The number of piperidine rings is 1. The number of fused-ring (bicyclic) bond motifs is 1. The minimum absolute atomic E-state index is 0.126. The van der Waals surface area contributed by atoms with Gasteiger partial charge < -0.3 is 4.74 Å². The third-order valence-corrected chi connectivity index (χ3v) is 6.96. The highest BCUT2D eigenvalue weighted by atomic mass is 32.2. The van der Waals surface area contributed by atoms with Crippen molar-refractivity contribution in [3.05, 3.63) is 65.0 Å². The Morgan fingerprint density at radius 2 is 1.80 bits per heavy atom. The molecule has 0 aliphatic carbocycles. The Morgan fingerprint density at radius 1 is 1.07 bits per heavy atom. The first-order valence-corrected chi connectivity index (χ1v) is 11.0. The molecule has 2 aromatic carbocycles. The number of aromatic nitrogens is 3. The molecule has 3 aromatic rings. The summed E-state index contributed by atoms with van der Waals surface area (Å²) in [6.07, 6.45) is 1.71. The van der Waals surface area contributed by atoms with Gasteiger partial charge in [-0.3, -0.25) is 9.59 Å². The average Bonchev–Trinajstić information content (AvgIpc) is 2.79. The second-order valence-corrected chi connectivity index (χ2v) is 8.83. The fourth-order valence-electron chi connectivity index (χ4n) is 3.49. The highest BCUT2D eigenvalue weighted by Gasteiger charge is 2.38. The number of benzene rings is 2. The van der Waals surface area contributed by atoms with Gasteiger partial charge in [0.2, 0.25) is 10.0 Å². The van der Waals surface area contributed by atoms with Gasteiger partial charge in [-0.2, -0.15) is 8.99 Å². The van der Waals surface area contributed by atoms with Gasteiger partial charge in [-0.25, -0.2) is 8.42 Å². The lowest BCUT2D eigenvalue weighted by Crippen LogP contribution is -2.48. The summed E-state index contributed by atoms with van der Waals surface area (Å²) in [4.78, 5) is 25.4. The molecule has 30 heavy (non-hydrogen) atoms. The van der Waals surface area contributed by atoms with Crippen LogP contribution < -0.4 is 5.56 Å². The van der Waals surface area contributed by atoms with Gasteiger partial charge in [0.25, 0.3) is 5.56 Å². The predicted octanol–water partition coefficient (Wildman–Crippen LogP) is 1.54. The maximum Gasteiger partial charge on any atom is 0.326 e. The molecular weight excluding hydrogens is 408 g/mol. The van der Waals surface area contributed by atoms with Crippen LogP contribution in [0.3, 0.4) is 0 Å². The second kappa shape index (κ2) is 8.33. The monoisotopic (exact) mass is 428 g/mol. The Balaban J connectivity index is 1.53. The molecule has 9 nitrogen and oxygen atoms in total. The van der Waals surface area contributed by atoms with Crippen molar-refractivity contribution >= 4 is 26.9 Å². The van der Waals surface area contributed by atoms with E-state index in [2.05, 4.69) is 10.3 Å². The number of nitrogens with zero attached hydrogens (tertiary/aromatic N) is 4. The van der Waals surface area contributed by atoms with E-state index in [0.717, 1.165) is 4.68 Å². The standard InChI is InChI=1S/C20H20N4O5S/c25-19-16-10-4-5-11-17(16)21-22-23(19)14-29-20(26)18-12-6-7-13-24(18)30(27,28)15-8-2-1-3-9-15/h1-5,8-11,18H,6-7,12-14H2/t18-/m1/s1. The molecule has 4 rings (SSSR count). The zero-order valence-corrected chi connectivity index (χ0v) is 16.9. The van der Waals surface area contributed by atoms with Crippen LogP contribution in [0.25, 0.3) is 10.9 Å². The molecule has 0 unspecified atom stereocenters. The summed E-state index contributed by atoms with van der Waals surface area (Å²) in [6.45, 7) is -0.210. The quantitative estimate of drug-likeness (QED) is 0.567. The fraction of sp³-hybridized carbons (Fsp3) is 0.300. The summed E-state index contributed by atoms with van der Waals surface area (Å²) in [5, 5.41) is 8.08. The number of carbonyl (C=O) groups is 1. The topological polar surface area (TPSA) is 111 Å². The number of ether oxygens (including phenoxy) is 1. The summed E-state index contributed by atoms with van der Waals surface area (Å²) in [5.41, 5.74) is 0.00305. The first-order valence-electron chi connectivity index (χ1n) is 9.54. The first kappa shape index (κ1) is 20.2. The van der Waals surface area contributed by atoms with E-state index in [0.29, 0.717) is 30.2 Å². The van der Waals surface area contributed by atoms with Crippen molar-refractivity contribution in [3.63, 3.8) is 0 Å². The molecule has 0 N–H and O–H groups in total. The maximum atomic E-state index is 13.0. The molecule has 0 spiro atoms. The Morgan fingerprint density at radius 3 is 2.60 bits per heavy atom. The van der Waals surface area contributed by atoms with Crippen molar-refractivity contribution < 1.29 is 17.9 Å². The Labute approximate surface area is 172 Å². The van der Waals surface area contributed by atoms with E-state index in [-0.39, 0.29) is 11.4 Å². The van der Waals surface area contributed by atoms with E-state index in [1.54, 1.807) is 42.5 Å². The van der Waals surface area contributed by atoms with Gasteiger partial charge in [0.1, 0.15) is 11.6 Å². The van der Waals surface area contributed by atoms with Gasteiger partial charge in [-0.15, -0.1) is 5.10 Å². The molecule has 1 fully saturated rings. The number of carbonyl (C=O) groups excluding carboxylic acids is 1. The first-order chi connectivity index (χ1) is 14.5. The number of rotatable bonds is 5. The minimum Gasteiger partial charge on any atom is -0.441 e. The molecule has 1 atom stereocenters. The SMILES string of the molecule is O=C(OCn1nnc2ccccc2c1=O)[C@H]1CCCCN1S(=O)(=O)c1ccccc1. The summed E-state index contributed by atoms with van der Waals surface area (Å²) in [5.74, 6) is -0.712. The molecular formula is C20H20N4O5S. The number of sulfonamides is 1. The summed E-state index contributed by atoms with van der Waals surface area (Å²) < 4.78 is 33.4. The lowest BCUT2D eigenvalue weighted by atomic mass is 10.1. The van der Waals surface area contributed by atoms with E-state index in [9.17, 15) is 18.0 Å². The average molecular weight is 428 g/mol. The molecule has 0 radical (unpaired) electrons. The van der Waals surface area contributed by atoms with Crippen LogP contribution in [0.1, 0.15) is 19.3 Å². The van der Waals surface area contributed by atoms with E-state index in [1.165, 1.54) is 16.4 Å². The van der Waals surface area contributed by atoms with Crippen LogP contribution in [0.2, 0.25) is 0 Å². The van der Waals surface area contributed by atoms with Gasteiger partial charge in [-0.1, -0.05) is 35.5 Å². The third-order valence-electron chi connectivity index (χ3n) is 5.03. The van der Waals surface area contributed by atoms with Gasteiger partial charge in [0, 0.05) is 6.54 Å². The van der Waals surface area contributed by atoms with Gasteiger partial charge in [0.05, 0.1) is 10.3 Å². The highest BCUT2D eigenvalue weighted by molar-refractivity contribution is 7.89. The molecule has 1 aliphatic rings. The van der Waals surface area contributed by atoms with Crippen LogP contribution in [0.4, 0.5) is 0 Å². The summed E-state index contributed by atoms with van der Waals surface area (Å²) >= 11 is 0. The smallest absolute Gasteiger partial charge is 0.326 e. The molecule has 0 amide bonds. The van der Waals surface area contributed by atoms with Crippen molar-refractivity contribution in [1.82, 2.24) is 19.3 Å². The zero-order valence-electron chi connectivity index (χ0n) is 16.0. The van der Waals surface area contributed by atoms with Gasteiger partial charge in [0.15, 0.2) is 6.73 Å². The second-order valence-electron chi connectivity index (χ2n) is 6.94. The van der Waals surface area contributed by atoms with Crippen molar-refractivity contribution in [3.8, 4) is 0 Å². The molecule has 1 aromatic heterocycles. The van der Waals surface area contributed by atoms with Crippen LogP contribution in [-0.4, -0.2) is 46.3 Å². The highest BCUT2D eigenvalue weighted by Crippen LogP contribution is 2.26. The Bertz CT molecular complexity index is 1230. The van der Waals surface area contributed by atoms with E-state index >= 15 is 0 Å². The number of hydrogen-bond acceptors (Lipinski definition) is 7. The van der Waals surface area contributed by atoms with Crippen LogP contribution in [0, 0.1) is 0 Å². The molecule has 0 saturated carbocycles. The van der Waals surface area contributed by atoms with Crippen molar-refractivity contribution in [2.45, 2.75) is 36.9 Å². The number of esters is 1. The van der Waals surface area contributed by atoms with Crippen LogP contribution in [-0.2, 0) is 26.3 Å². The van der Waals surface area contributed by atoms with Crippen LogP contribution >= 0.6 is 0 Å².